The number of thiol groups is 1. The van der Waals surface area contributed by atoms with Crippen molar-refractivity contribution in [2.45, 2.75) is 81.6 Å². The molecule has 2 aliphatic rings. The molecule has 274 valence electrons. The van der Waals surface area contributed by atoms with E-state index in [0.29, 0.717) is 23.2 Å². The van der Waals surface area contributed by atoms with Gasteiger partial charge in [0, 0.05) is 56.6 Å². The van der Waals surface area contributed by atoms with E-state index in [2.05, 4.69) is 108 Å². The monoisotopic (exact) mass is 737 g/mol. The second-order valence-electron chi connectivity index (χ2n) is 14.1. The van der Waals surface area contributed by atoms with Crippen LogP contribution in [0.3, 0.4) is 0 Å². The number of hydrogen-bond donors (Lipinski definition) is 2. The molecule has 0 amide bonds. The summed E-state index contributed by atoms with van der Waals surface area (Å²) < 4.78 is 0. The number of aliphatic imine (C=N–C) groups is 2. The minimum Gasteiger partial charge on any atom is -0.357 e. The molecule has 53 heavy (non-hydrogen) atoms. The maximum atomic E-state index is 6.45. The number of thiocarbonyl (C=S) groups is 1. The van der Waals surface area contributed by atoms with E-state index in [0.717, 1.165) is 57.9 Å². The highest BCUT2D eigenvalue weighted by atomic mass is 32.1. The van der Waals surface area contributed by atoms with Crippen LogP contribution in [-0.2, 0) is 0 Å². The third kappa shape index (κ3) is 12.6. The van der Waals surface area contributed by atoms with Gasteiger partial charge < -0.3 is 5.32 Å². The number of nitrogens with zero attached hydrogens (tertiary/aromatic N) is 2. The van der Waals surface area contributed by atoms with Gasteiger partial charge in [0.1, 0.15) is 7.85 Å². The Morgan fingerprint density at radius 3 is 2.06 bits per heavy atom. The second-order valence-corrected chi connectivity index (χ2v) is 14.4. The lowest BCUT2D eigenvalue weighted by atomic mass is 9.75. The van der Waals surface area contributed by atoms with Gasteiger partial charge in [0.2, 0.25) is 0 Å². The fraction of sp³-hybridized carbons (Fsp3) is 0.340. The lowest BCUT2D eigenvalue weighted by Gasteiger charge is -2.31. The van der Waals surface area contributed by atoms with Crippen molar-refractivity contribution in [3.05, 3.63) is 141 Å². The average Bonchev–Trinajstić information content (AvgIpc) is 3.44. The zero-order valence-corrected chi connectivity index (χ0v) is 35.2. The van der Waals surface area contributed by atoms with Crippen LogP contribution in [0.2, 0.25) is 0 Å². The molecule has 2 aliphatic heterocycles. The first-order chi connectivity index (χ1) is 25.3. The van der Waals surface area contributed by atoms with Gasteiger partial charge in [-0.05, 0) is 98.5 Å². The van der Waals surface area contributed by atoms with E-state index in [1.54, 1.807) is 6.26 Å². The molecule has 6 heteroatoms. The number of allylic oxidation sites excluding steroid dienone is 10. The number of fused-ring (bicyclic) bond motifs is 1. The zero-order valence-electron chi connectivity index (χ0n) is 33.4. The highest BCUT2D eigenvalue weighted by Crippen LogP contribution is 2.41. The molecule has 0 aromatic heterocycles. The molecule has 0 aliphatic carbocycles. The smallest absolute Gasteiger partial charge is 0.114 e. The molecule has 0 saturated carbocycles. The Balaban J connectivity index is 0.00000235. The van der Waals surface area contributed by atoms with Crippen molar-refractivity contribution in [3.8, 4) is 23.7 Å². The normalized spacial score (nSPS) is 23.4. The Kier molecular flexibility index (Phi) is 18.1. The Bertz CT molecular complexity index is 1950. The predicted molar refractivity (Wildman–Crippen MR) is 241 cm³/mol. The van der Waals surface area contributed by atoms with Crippen LogP contribution in [0.1, 0.15) is 92.7 Å². The number of benzene rings is 2. The standard InChI is InChI=1S/C44H46BN3S.C2H6.CH4S/c1-30-26-42-44(7,8)29-40(48-42)33(4)47-39(38(32(3)45)23-21-35-18-14-11-15-19-35)27-41(46-9)43(5,6)28-31(2)37(24-25-49)36(30)22-20-34-16-12-10-13-17-34;2*1-2/h10-19,25-27,31,47H,3,9,24,28-29H2,1-2,4-8H3;1-2H3;2H,1H3/b30-26+,37-36-,39-38-,40-33-,41-27-;;. The van der Waals surface area contributed by atoms with E-state index in [9.17, 15) is 0 Å². The molecule has 2 aromatic carbocycles. The molecule has 1 unspecified atom stereocenters. The van der Waals surface area contributed by atoms with Gasteiger partial charge in [0.05, 0.1) is 11.4 Å². The van der Waals surface area contributed by atoms with Crippen LogP contribution in [-0.4, -0.2) is 31.9 Å². The van der Waals surface area contributed by atoms with Crippen molar-refractivity contribution in [2.24, 2.45) is 26.7 Å². The fourth-order valence-electron chi connectivity index (χ4n) is 6.30. The first kappa shape index (κ1) is 44.8. The molecular formula is C47H56BN3S2. The van der Waals surface area contributed by atoms with Crippen molar-refractivity contribution in [1.29, 1.82) is 0 Å². The van der Waals surface area contributed by atoms with Crippen molar-refractivity contribution in [2.75, 3.05) is 6.26 Å². The summed E-state index contributed by atoms with van der Waals surface area (Å²) in [6, 6.07) is 19.9. The minimum absolute atomic E-state index is 0.115. The Labute approximate surface area is 333 Å². The van der Waals surface area contributed by atoms with E-state index in [1.165, 1.54) is 5.57 Å². The summed E-state index contributed by atoms with van der Waals surface area (Å²) in [6.07, 6.45) is 8.08. The second kappa shape index (κ2) is 21.4. The largest absolute Gasteiger partial charge is 0.357 e. The van der Waals surface area contributed by atoms with Crippen molar-refractivity contribution < 1.29 is 0 Å². The van der Waals surface area contributed by atoms with Gasteiger partial charge in [-0.25, -0.2) is 0 Å². The molecule has 0 fully saturated rings. The van der Waals surface area contributed by atoms with Crippen LogP contribution in [0.5, 0.6) is 0 Å². The molecule has 2 radical (unpaired) electrons. The lowest BCUT2D eigenvalue weighted by Crippen LogP contribution is -2.22. The van der Waals surface area contributed by atoms with Gasteiger partial charge in [0.25, 0.3) is 0 Å². The first-order valence-electron chi connectivity index (χ1n) is 18.1. The quantitative estimate of drug-likeness (QED) is 0.108. The van der Waals surface area contributed by atoms with Gasteiger partial charge >= 0.3 is 0 Å². The molecule has 0 saturated heterocycles. The first-order valence-corrected chi connectivity index (χ1v) is 19.5. The Morgan fingerprint density at radius 2 is 1.53 bits per heavy atom. The SMILES string of the molecule is CC.CS.[B]C(=C)/C(C#Cc1ccccc1)=C1/C=C(\N=C)C(C)(C)CC(C)/C(CC=S)=C(C#Cc2ccccc2)\C(C)=C\C2=NC(=C(/C)N1)/CC2(C)C. The maximum absolute atomic E-state index is 6.45. The van der Waals surface area contributed by atoms with Gasteiger partial charge in [-0.2, -0.15) is 12.6 Å². The van der Waals surface area contributed by atoms with Crippen LogP contribution in [0, 0.1) is 40.4 Å². The maximum Gasteiger partial charge on any atom is 0.114 e. The molecule has 3 nitrogen and oxygen atoms in total. The van der Waals surface area contributed by atoms with Crippen LogP contribution in [0.4, 0.5) is 0 Å². The molecule has 1 N–H and O–H groups in total. The summed E-state index contributed by atoms with van der Waals surface area (Å²) >= 11 is 9.02. The van der Waals surface area contributed by atoms with Gasteiger partial charge in [-0.15, -0.1) is 6.58 Å². The zero-order chi connectivity index (χ0) is 39.8. The van der Waals surface area contributed by atoms with Crippen molar-refractivity contribution in [1.82, 2.24) is 5.32 Å². The summed E-state index contributed by atoms with van der Waals surface area (Å²) in [5, 5.41) is 5.45. The molecule has 0 spiro atoms. The van der Waals surface area contributed by atoms with Crippen molar-refractivity contribution >= 4 is 50.5 Å². The van der Waals surface area contributed by atoms with E-state index in [-0.39, 0.29) is 11.3 Å². The average molecular weight is 738 g/mol. The summed E-state index contributed by atoms with van der Waals surface area (Å²) in [7, 11) is 6.45. The third-order valence-corrected chi connectivity index (χ3v) is 9.21. The molecule has 4 rings (SSSR count). The van der Waals surface area contributed by atoms with Crippen LogP contribution >= 0.6 is 24.8 Å². The molecule has 2 aromatic rings. The van der Waals surface area contributed by atoms with E-state index < -0.39 is 5.41 Å². The van der Waals surface area contributed by atoms with Crippen LogP contribution in [0.15, 0.2) is 140 Å². The summed E-state index contributed by atoms with van der Waals surface area (Å²) in [6.45, 7) is 27.4. The van der Waals surface area contributed by atoms with Crippen LogP contribution < -0.4 is 5.32 Å². The topological polar surface area (TPSA) is 36.8 Å². The van der Waals surface area contributed by atoms with Crippen LogP contribution in [0.25, 0.3) is 0 Å². The lowest BCUT2D eigenvalue weighted by molar-refractivity contribution is 0.350. The fourth-order valence-corrected chi connectivity index (χ4v) is 6.48. The minimum atomic E-state index is -0.397. The summed E-state index contributed by atoms with van der Waals surface area (Å²) in [5.41, 5.74) is 9.85. The van der Waals surface area contributed by atoms with Gasteiger partial charge in [0.15, 0.2) is 0 Å². The van der Waals surface area contributed by atoms with E-state index in [1.807, 2.05) is 92.9 Å². The number of hydrogen-bond acceptors (Lipinski definition) is 5. The molecule has 1 atom stereocenters. The molecular weight excluding hydrogens is 681 g/mol. The van der Waals surface area contributed by atoms with E-state index in [4.69, 9.17) is 25.1 Å². The molecule has 2 heterocycles. The van der Waals surface area contributed by atoms with Gasteiger partial charge in [-0.1, -0.05) is 126 Å². The summed E-state index contributed by atoms with van der Waals surface area (Å²) in [5.74, 6) is 13.7. The highest BCUT2D eigenvalue weighted by molar-refractivity contribution is 7.79. The summed E-state index contributed by atoms with van der Waals surface area (Å²) in [4.78, 5) is 9.82. The Morgan fingerprint density at radius 1 is 0.962 bits per heavy atom. The molecule has 2 bridgehead atoms. The third-order valence-electron chi connectivity index (χ3n) is 9.04. The van der Waals surface area contributed by atoms with Crippen molar-refractivity contribution in [3.63, 3.8) is 0 Å². The predicted octanol–water partition coefficient (Wildman–Crippen LogP) is 11.6. The Hall–Kier alpha value is -4.36. The van der Waals surface area contributed by atoms with Gasteiger partial charge in [-0.3, -0.25) is 9.98 Å². The van der Waals surface area contributed by atoms with E-state index >= 15 is 0 Å². The number of rotatable bonds is 4. The number of nitrogens with one attached hydrogen (secondary N) is 1. The highest BCUT2D eigenvalue weighted by Gasteiger charge is 2.33.